The largest absolute Gasteiger partial charge is 0.322 e. The van der Waals surface area contributed by atoms with Crippen molar-refractivity contribution >= 4 is 11.7 Å². The number of nitrogens with one attached hydrogen (secondary N) is 1. The Bertz CT molecular complexity index is 988. The zero-order valence-corrected chi connectivity index (χ0v) is 16.4. The second kappa shape index (κ2) is 7.31. The summed E-state index contributed by atoms with van der Waals surface area (Å²) >= 11 is 0. The molecule has 0 bridgehead atoms. The number of fused-ring (bicyclic) bond motifs is 1. The van der Waals surface area contributed by atoms with Gasteiger partial charge in [0.25, 0.3) is 0 Å². The van der Waals surface area contributed by atoms with Crippen LogP contribution in [0.1, 0.15) is 56.2 Å². The molecule has 150 valence electrons. The van der Waals surface area contributed by atoms with Gasteiger partial charge in [-0.3, -0.25) is 0 Å². The van der Waals surface area contributed by atoms with Gasteiger partial charge >= 0.3 is 6.03 Å². The van der Waals surface area contributed by atoms with Crippen LogP contribution in [0.15, 0.2) is 36.7 Å². The molecule has 1 aromatic carbocycles. The van der Waals surface area contributed by atoms with Crippen LogP contribution in [0.3, 0.4) is 0 Å². The molecule has 1 N–H and O–H groups in total. The fourth-order valence-corrected chi connectivity index (χ4v) is 4.41. The number of rotatable bonds is 3. The van der Waals surface area contributed by atoms with E-state index < -0.39 is 0 Å². The normalized spacial score (nSPS) is 19.3. The summed E-state index contributed by atoms with van der Waals surface area (Å²) in [7, 11) is 0. The van der Waals surface area contributed by atoms with Gasteiger partial charge in [-0.25, -0.2) is 9.48 Å². The van der Waals surface area contributed by atoms with Gasteiger partial charge in [-0.2, -0.15) is 0 Å². The van der Waals surface area contributed by atoms with Crippen LogP contribution in [-0.4, -0.2) is 47.2 Å². The van der Waals surface area contributed by atoms with Gasteiger partial charge in [-0.1, -0.05) is 18.1 Å². The maximum atomic E-state index is 12.9. The van der Waals surface area contributed by atoms with Gasteiger partial charge in [0.15, 0.2) is 5.82 Å². The molecule has 1 unspecified atom stereocenters. The molecular weight excluding hydrogens is 368 g/mol. The van der Waals surface area contributed by atoms with Crippen LogP contribution in [0.2, 0.25) is 0 Å². The van der Waals surface area contributed by atoms with E-state index in [4.69, 9.17) is 0 Å². The van der Waals surface area contributed by atoms with E-state index in [1.807, 2.05) is 36.1 Å². The average Bonchev–Trinajstić information content (AvgIpc) is 3.49. The Hall–Kier alpha value is -3.23. The summed E-state index contributed by atoms with van der Waals surface area (Å²) in [6.45, 7) is 3.41. The van der Waals surface area contributed by atoms with Crippen molar-refractivity contribution in [2.24, 2.45) is 0 Å². The van der Waals surface area contributed by atoms with Gasteiger partial charge < -0.3 is 14.8 Å². The standard InChI is InChI=1S/C20H24N8O/c1-14-18-23-24-19(15-4-2-3-5-15)27(18)13-12-26(14)20(29)22-16-6-8-17(9-7-16)28-11-10-21-25-28/h6-11,14-15H,2-5,12-13H2,1H3,(H,22,29). The van der Waals surface area contributed by atoms with E-state index in [1.165, 1.54) is 25.7 Å². The first-order valence-corrected chi connectivity index (χ1v) is 10.2. The van der Waals surface area contributed by atoms with Crippen LogP contribution in [0.5, 0.6) is 0 Å². The van der Waals surface area contributed by atoms with Gasteiger partial charge in [-0.05, 0) is 44.0 Å². The number of hydrogen-bond acceptors (Lipinski definition) is 5. The topological polar surface area (TPSA) is 93.8 Å². The van der Waals surface area contributed by atoms with E-state index in [1.54, 1.807) is 17.1 Å². The molecule has 2 aliphatic rings. The summed E-state index contributed by atoms with van der Waals surface area (Å²) < 4.78 is 3.91. The first kappa shape index (κ1) is 17.8. The lowest BCUT2D eigenvalue weighted by Crippen LogP contribution is -2.43. The van der Waals surface area contributed by atoms with Crippen molar-refractivity contribution in [3.8, 4) is 5.69 Å². The first-order valence-electron chi connectivity index (χ1n) is 10.2. The fourth-order valence-electron chi connectivity index (χ4n) is 4.41. The van der Waals surface area contributed by atoms with E-state index in [0.29, 0.717) is 12.5 Å². The Morgan fingerprint density at radius 1 is 1.07 bits per heavy atom. The molecule has 2 amide bonds. The summed E-state index contributed by atoms with van der Waals surface area (Å²) in [6, 6.07) is 7.29. The average molecular weight is 392 g/mol. The molecule has 9 nitrogen and oxygen atoms in total. The van der Waals surface area contributed by atoms with Crippen LogP contribution in [0.25, 0.3) is 5.69 Å². The molecule has 29 heavy (non-hydrogen) atoms. The van der Waals surface area contributed by atoms with Crippen LogP contribution in [0.4, 0.5) is 10.5 Å². The zero-order chi connectivity index (χ0) is 19.8. The Kier molecular flexibility index (Phi) is 4.49. The van der Waals surface area contributed by atoms with Gasteiger partial charge in [-0.15, -0.1) is 15.3 Å². The van der Waals surface area contributed by atoms with Crippen molar-refractivity contribution in [2.45, 2.75) is 51.1 Å². The van der Waals surface area contributed by atoms with Gasteiger partial charge in [0.05, 0.1) is 24.1 Å². The highest BCUT2D eigenvalue weighted by Crippen LogP contribution is 2.35. The maximum Gasteiger partial charge on any atom is 0.322 e. The lowest BCUT2D eigenvalue weighted by Gasteiger charge is -2.34. The van der Waals surface area contributed by atoms with Crippen molar-refractivity contribution in [3.63, 3.8) is 0 Å². The van der Waals surface area contributed by atoms with Gasteiger partial charge in [0.2, 0.25) is 0 Å². The van der Waals surface area contributed by atoms with Crippen LogP contribution < -0.4 is 5.32 Å². The third-order valence-corrected chi connectivity index (χ3v) is 6.00. The highest BCUT2D eigenvalue weighted by molar-refractivity contribution is 5.89. The molecule has 1 aliphatic heterocycles. The number of aromatic nitrogens is 6. The molecule has 0 spiro atoms. The molecule has 1 fully saturated rings. The smallest absolute Gasteiger partial charge is 0.313 e. The fraction of sp³-hybridized carbons (Fsp3) is 0.450. The predicted molar refractivity (Wildman–Crippen MR) is 107 cm³/mol. The third-order valence-electron chi connectivity index (χ3n) is 6.00. The van der Waals surface area contributed by atoms with Crippen molar-refractivity contribution < 1.29 is 4.79 Å². The van der Waals surface area contributed by atoms with Crippen molar-refractivity contribution in [3.05, 3.63) is 48.3 Å². The number of urea groups is 1. The molecule has 2 aromatic heterocycles. The van der Waals surface area contributed by atoms with Crippen LogP contribution in [-0.2, 0) is 6.54 Å². The molecule has 0 radical (unpaired) electrons. The quantitative estimate of drug-likeness (QED) is 0.739. The molecule has 9 heteroatoms. The summed E-state index contributed by atoms with van der Waals surface area (Å²) in [4.78, 5) is 14.7. The predicted octanol–water partition coefficient (Wildman–Crippen LogP) is 3.13. The number of benzene rings is 1. The van der Waals surface area contributed by atoms with E-state index in [2.05, 4.69) is 30.4 Å². The summed E-state index contributed by atoms with van der Waals surface area (Å²) in [5.74, 6) is 2.51. The van der Waals surface area contributed by atoms with E-state index in [9.17, 15) is 4.79 Å². The third kappa shape index (κ3) is 3.26. The zero-order valence-electron chi connectivity index (χ0n) is 16.4. The number of hydrogen-bond donors (Lipinski definition) is 1. The molecule has 1 saturated carbocycles. The highest BCUT2D eigenvalue weighted by atomic mass is 16.2. The van der Waals surface area contributed by atoms with Gasteiger partial charge in [0, 0.05) is 24.7 Å². The summed E-state index contributed by atoms with van der Waals surface area (Å²) in [5, 5.41) is 19.7. The second-order valence-electron chi connectivity index (χ2n) is 7.74. The summed E-state index contributed by atoms with van der Waals surface area (Å²) in [6.07, 6.45) is 8.34. The molecule has 5 rings (SSSR count). The van der Waals surface area contributed by atoms with Crippen molar-refractivity contribution in [2.75, 3.05) is 11.9 Å². The lowest BCUT2D eigenvalue weighted by molar-refractivity contribution is 0.171. The van der Waals surface area contributed by atoms with Crippen molar-refractivity contribution in [1.82, 2.24) is 34.7 Å². The number of anilines is 1. The van der Waals surface area contributed by atoms with Crippen LogP contribution in [0, 0.1) is 0 Å². The molecule has 3 heterocycles. The minimum absolute atomic E-state index is 0.110. The Morgan fingerprint density at radius 2 is 1.83 bits per heavy atom. The Morgan fingerprint density at radius 3 is 2.55 bits per heavy atom. The first-order chi connectivity index (χ1) is 14.2. The van der Waals surface area contributed by atoms with Crippen LogP contribution >= 0.6 is 0 Å². The second-order valence-corrected chi connectivity index (χ2v) is 7.74. The minimum atomic E-state index is -0.123. The Balaban J connectivity index is 1.28. The summed E-state index contributed by atoms with van der Waals surface area (Å²) in [5.41, 5.74) is 1.63. The highest BCUT2D eigenvalue weighted by Gasteiger charge is 2.33. The van der Waals surface area contributed by atoms with E-state index in [-0.39, 0.29) is 12.1 Å². The van der Waals surface area contributed by atoms with Gasteiger partial charge in [0.1, 0.15) is 5.82 Å². The number of nitrogens with zero attached hydrogens (tertiary/aromatic N) is 7. The SMILES string of the molecule is CC1c2nnc(C3CCCC3)n2CCN1C(=O)Nc1ccc(-n2ccnn2)cc1. The minimum Gasteiger partial charge on any atom is -0.313 e. The number of carbonyl (C=O) groups excluding carboxylic acids is 1. The molecular formula is C20H24N8O. The molecule has 1 aliphatic carbocycles. The molecule has 0 saturated heterocycles. The molecule has 3 aromatic rings. The maximum absolute atomic E-state index is 12.9. The lowest BCUT2D eigenvalue weighted by atomic mass is 10.1. The van der Waals surface area contributed by atoms with Crippen molar-refractivity contribution in [1.29, 1.82) is 0 Å². The monoisotopic (exact) mass is 392 g/mol. The molecule has 1 atom stereocenters. The number of carbonyl (C=O) groups is 1. The number of amides is 2. The van der Waals surface area contributed by atoms with E-state index in [0.717, 1.165) is 29.6 Å². The Labute approximate surface area is 168 Å². The van der Waals surface area contributed by atoms with E-state index >= 15 is 0 Å².